The molecule has 1 aromatic carbocycles. The fraction of sp³-hybridized carbons (Fsp3) is 0.481. The summed E-state index contributed by atoms with van der Waals surface area (Å²) in [4.78, 5) is 18.6. The molecule has 1 aliphatic rings. The van der Waals surface area contributed by atoms with Gasteiger partial charge in [0.1, 0.15) is 5.76 Å². The molecule has 0 amide bonds. The average Bonchev–Trinajstić information content (AvgIpc) is 3.60. The fourth-order valence-electron chi connectivity index (χ4n) is 5.52. The summed E-state index contributed by atoms with van der Waals surface area (Å²) in [6, 6.07) is 10.5. The van der Waals surface area contributed by atoms with Crippen LogP contribution in [0.3, 0.4) is 0 Å². The molecule has 8 nitrogen and oxygen atoms in total. The van der Waals surface area contributed by atoms with Crippen molar-refractivity contribution in [2.24, 2.45) is 0 Å². The molecular weight excluding hydrogens is 440 g/mol. The number of tetrazole rings is 1. The SMILES string of the molecule is CCCC(c1nnnn1C1CCCC1)N(Cc1ccco1)Cc1cc2cc(C)cc(C)c2[nH]c1=O. The van der Waals surface area contributed by atoms with Crippen LogP contribution in [0.4, 0.5) is 0 Å². The highest BCUT2D eigenvalue weighted by Gasteiger charge is 2.30. The van der Waals surface area contributed by atoms with E-state index < -0.39 is 0 Å². The maximum absolute atomic E-state index is 13.2. The maximum Gasteiger partial charge on any atom is 0.252 e. The number of aryl methyl sites for hydroxylation is 2. The van der Waals surface area contributed by atoms with E-state index in [9.17, 15) is 4.79 Å². The van der Waals surface area contributed by atoms with Crippen LogP contribution in [0.25, 0.3) is 10.9 Å². The number of pyridine rings is 1. The van der Waals surface area contributed by atoms with Gasteiger partial charge in [-0.2, -0.15) is 0 Å². The summed E-state index contributed by atoms with van der Waals surface area (Å²) in [5, 5.41) is 14.0. The van der Waals surface area contributed by atoms with Crippen LogP contribution in [0.5, 0.6) is 0 Å². The summed E-state index contributed by atoms with van der Waals surface area (Å²) in [7, 11) is 0. The summed E-state index contributed by atoms with van der Waals surface area (Å²) in [6.07, 6.45) is 8.20. The summed E-state index contributed by atoms with van der Waals surface area (Å²) in [5.41, 5.74) is 3.84. The summed E-state index contributed by atoms with van der Waals surface area (Å²) >= 11 is 0. The average molecular weight is 475 g/mol. The van der Waals surface area contributed by atoms with Crippen LogP contribution in [0.2, 0.25) is 0 Å². The minimum Gasteiger partial charge on any atom is -0.468 e. The third-order valence-electron chi connectivity index (χ3n) is 7.17. The van der Waals surface area contributed by atoms with E-state index in [1.807, 2.05) is 29.8 Å². The molecule has 0 bridgehead atoms. The highest BCUT2D eigenvalue weighted by molar-refractivity contribution is 5.82. The molecule has 1 aliphatic carbocycles. The van der Waals surface area contributed by atoms with E-state index >= 15 is 0 Å². The molecule has 3 aromatic heterocycles. The number of aromatic amines is 1. The van der Waals surface area contributed by atoms with Crippen molar-refractivity contribution in [2.45, 2.75) is 84.5 Å². The normalized spacial score (nSPS) is 15.4. The monoisotopic (exact) mass is 474 g/mol. The van der Waals surface area contributed by atoms with Crippen molar-refractivity contribution >= 4 is 10.9 Å². The van der Waals surface area contributed by atoms with E-state index in [2.05, 4.69) is 51.4 Å². The van der Waals surface area contributed by atoms with Crippen LogP contribution in [-0.4, -0.2) is 30.1 Å². The first-order valence-electron chi connectivity index (χ1n) is 12.7. The first-order valence-corrected chi connectivity index (χ1v) is 12.7. The fourth-order valence-corrected chi connectivity index (χ4v) is 5.52. The lowest BCUT2D eigenvalue weighted by molar-refractivity contribution is 0.142. The van der Waals surface area contributed by atoms with Crippen molar-refractivity contribution in [3.8, 4) is 0 Å². The molecule has 1 saturated carbocycles. The smallest absolute Gasteiger partial charge is 0.252 e. The molecule has 3 heterocycles. The second kappa shape index (κ2) is 10.2. The molecule has 1 unspecified atom stereocenters. The van der Waals surface area contributed by atoms with Gasteiger partial charge in [0.15, 0.2) is 5.82 Å². The van der Waals surface area contributed by atoms with Gasteiger partial charge in [-0.25, -0.2) is 4.68 Å². The molecule has 0 saturated heterocycles. The van der Waals surface area contributed by atoms with Gasteiger partial charge < -0.3 is 9.40 Å². The minimum absolute atomic E-state index is 0.0324. The topological polar surface area (TPSA) is 92.8 Å². The Bertz CT molecular complexity index is 1330. The molecule has 1 atom stereocenters. The standard InChI is InChI=1S/C27H34N6O2/c1-4-8-24(26-29-30-31-33(26)22-9-5-6-10-22)32(17-23-11-7-12-35-23)16-21-15-20-14-18(2)13-19(3)25(20)28-27(21)34/h7,11-15,22,24H,4-6,8-10,16-17H2,1-3H3,(H,28,34). The van der Waals surface area contributed by atoms with E-state index in [0.29, 0.717) is 19.1 Å². The summed E-state index contributed by atoms with van der Waals surface area (Å²) in [5.74, 6) is 1.74. The summed E-state index contributed by atoms with van der Waals surface area (Å²) < 4.78 is 7.76. The Balaban J connectivity index is 1.55. The van der Waals surface area contributed by atoms with Crippen LogP contribution in [0.15, 0.2) is 45.8 Å². The Hall–Kier alpha value is -3.26. The summed E-state index contributed by atoms with van der Waals surface area (Å²) in [6.45, 7) is 7.34. The zero-order valence-electron chi connectivity index (χ0n) is 20.8. The molecule has 0 radical (unpaired) electrons. The molecule has 1 fully saturated rings. The van der Waals surface area contributed by atoms with Gasteiger partial charge in [-0.1, -0.05) is 37.8 Å². The van der Waals surface area contributed by atoms with Gasteiger partial charge in [0.2, 0.25) is 0 Å². The Labute approximate surface area is 205 Å². The largest absolute Gasteiger partial charge is 0.468 e. The number of benzene rings is 1. The van der Waals surface area contributed by atoms with Crippen LogP contribution < -0.4 is 5.56 Å². The van der Waals surface area contributed by atoms with Crippen molar-refractivity contribution in [3.05, 3.63) is 75.2 Å². The van der Waals surface area contributed by atoms with Gasteiger partial charge in [-0.15, -0.1) is 5.10 Å². The second-order valence-corrected chi connectivity index (χ2v) is 9.88. The highest BCUT2D eigenvalue weighted by Crippen LogP contribution is 2.34. The lowest BCUT2D eigenvalue weighted by atomic mass is 10.0. The molecule has 35 heavy (non-hydrogen) atoms. The third kappa shape index (κ3) is 4.93. The predicted molar refractivity (Wildman–Crippen MR) is 135 cm³/mol. The Morgan fingerprint density at radius 3 is 2.77 bits per heavy atom. The molecule has 0 spiro atoms. The molecule has 184 valence electrons. The van der Waals surface area contributed by atoms with Crippen molar-refractivity contribution in [3.63, 3.8) is 0 Å². The molecule has 4 aromatic rings. The van der Waals surface area contributed by atoms with Crippen LogP contribution in [-0.2, 0) is 13.1 Å². The number of furan rings is 1. The van der Waals surface area contributed by atoms with E-state index in [1.54, 1.807) is 6.26 Å². The van der Waals surface area contributed by atoms with Gasteiger partial charge in [0, 0.05) is 12.1 Å². The van der Waals surface area contributed by atoms with E-state index in [0.717, 1.165) is 59.3 Å². The van der Waals surface area contributed by atoms with Gasteiger partial charge in [0.25, 0.3) is 5.56 Å². The highest BCUT2D eigenvalue weighted by atomic mass is 16.3. The molecule has 0 aliphatic heterocycles. The number of H-pyrrole nitrogens is 1. The van der Waals surface area contributed by atoms with E-state index in [4.69, 9.17) is 4.42 Å². The Kier molecular flexibility index (Phi) is 6.81. The van der Waals surface area contributed by atoms with Crippen LogP contribution in [0.1, 0.15) is 85.8 Å². The zero-order chi connectivity index (χ0) is 24.4. The Morgan fingerprint density at radius 2 is 2.03 bits per heavy atom. The van der Waals surface area contributed by atoms with E-state index in [1.165, 1.54) is 18.4 Å². The number of rotatable bonds is 9. The first kappa shape index (κ1) is 23.5. The number of aromatic nitrogens is 5. The predicted octanol–water partition coefficient (Wildman–Crippen LogP) is 5.38. The van der Waals surface area contributed by atoms with Crippen LogP contribution in [0, 0.1) is 13.8 Å². The molecule has 8 heteroatoms. The number of nitrogens with zero attached hydrogens (tertiary/aromatic N) is 5. The van der Waals surface area contributed by atoms with Crippen molar-refractivity contribution in [1.82, 2.24) is 30.1 Å². The Morgan fingerprint density at radius 1 is 1.20 bits per heavy atom. The van der Waals surface area contributed by atoms with Crippen molar-refractivity contribution < 1.29 is 4.42 Å². The van der Waals surface area contributed by atoms with Gasteiger partial charge in [0.05, 0.1) is 30.4 Å². The van der Waals surface area contributed by atoms with Gasteiger partial charge in [-0.05, 0) is 78.8 Å². The molecule has 1 N–H and O–H groups in total. The number of nitrogens with one attached hydrogen (secondary N) is 1. The lowest BCUT2D eigenvalue weighted by Gasteiger charge is -2.31. The number of fused-ring (bicyclic) bond motifs is 1. The number of hydrogen-bond donors (Lipinski definition) is 1. The van der Waals surface area contributed by atoms with Crippen LogP contribution >= 0.6 is 0 Å². The third-order valence-corrected chi connectivity index (χ3v) is 7.17. The minimum atomic E-state index is -0.0560. The maximum atomic E-state index is 13.2. The quantitative estimate of drug-likeness (QED) is 0.350. The number of hydrogen-bond acceptors (Lipinski definition) is 6. The van der Waals surface area contributed by atoms with Gasteiger partial charge >= 0.3 is 0 Å². The second-order valence-electron chi connectivity index (χ2n) is 9.88. The van der Waals surface area contributed by atoms with Gasteiger partial charge in [-0.3, -0.25) is 9.69 Å². The first-order chi connectivity index (χ1) is 17.0. The van der Waals surface area contributed by atoms with Crippen molar-refractivity contribution in [2.75, 3.05) is 0 Å². The zero-order valence-corrected chi connectivity index (χ0v) is 20.8. The van der Waals surface area contributed by atoms with Crippen molar-refractivity contribution in [1.29, 1.82) is 0 Å². The molecular formula is C27H34N6O2. The molecule has 5 rings (SSSR count). The lowest BCUT2D eigenvalue weighted by Crippen LogP contribution is -2.33. The van der Waals surface area contributed by atoms with E-state index in [-0.39, 0.29) is 11.6 Å².